The van der Waals surface area contributed by atoms with Gasteiger partial charge in [-0.25, -0.2) is 0 Å². The zero-order valence-electron chi connectivity index (χ0n) is 7.57. The Hall–Kier alpha value is -1.37. The third kappa shape index (κ3) is 3.24. The standard InChI is InChI=1S/C12H13O/c1-11-7-4-5-9-12(11)8-3-2-6-10-13/h2,4-7,9-10H,1,3,8H2. The van der Waals surface area contributed by atoms with E-state index < -0.39 is 0 Å². The molecule has 0 bridgehead atoms. The zero-order valence-corrected chi connectivity index (χ0v) is 7.57. The molecule has 13 heavy (non-hydrogen) atoms. The van der Waals surface area contributed by atoms with Gasteiger partial charge in [0.1, 0.15) is 6.29 Å². The van der Waals surface area contributed by atoms with Crippen molar-refractivity contribution >= 4 is 6.29 Å². The van der Waals surface area contributed by atoms with Gasteiger partial charge in [-0.15, -0.1) is 0 Å². The summed E-state index contributed by atoms with van der Waals surface area (Å²) in [5.41, 5.74) is 2.32. The number of rotatable bonds is 4. The molecule has 1 radical (unpaired) electrons. The van der Waals surface area contributed by atoms with Crippen molar-refractivity contribution in [1.82, 2.24) is 0 Å². The number of carbonyl (C=O) groups excluding carboxylic acids is 1. The van der Waals surface area contributed by atoms with Crippen molar-refractivity contribution < 1.29 is 4.79 Å². The van der Waals surface area contributed by atoms with Gasteiger partial charge in [0.25, 0.3) is 0 Å². The van der Waals surface area contributed by atoms with Crippen LogP contribution in [0, 0.1) is 6.92 Å². The van der Waals surface area contributed by atoms with Gasteiger partial charge in [-0.05, 0) is 37.0 Å². The summed E-state index contributed by atoms with van der Waals surface area (Å²) < 4.78 is 0. The molecule has 0 atom stereocenters. The summed E-state index contributed by atoms with van der Waals surface area (Å²) in [7, 11) is 0. The van der Waals surface area contributed by atoms with Crippen LogP contribution in [0.2, 0.25) is 0 Å². The lowest BCUT2D eigenvalue weighted by Gasteiger charge is -2.01. The molecule has 0 heterocycles. The maximum atomic E-state index is 9.98. The highest BCUT2D eigenvalue weighted by molar-refractivity contribution is 5.64. The highest BCUT2D eigenvalue weighted by atomic mass is 16.1. The minimum atomic E-state index is 0.802. The van der Waals surface area contributed by atoms with Crippen LogP contribution in [0.5, 0.6) is 0 Å². The zero-order chi connectivity index (χ0) is 9.52. The Bertz CT molecular complexity index is 300. The molecular weight excluding hydrogens is 160 g/mol. The molecule has 0 unspecified atom stereocenters. The van der Waals surface area contributed by atoms with Gasteiger partial charge < -0.3 is 0 Å². The monoisotopic (exact) mass is 173 g/mol. The lowest BCUT2D eigenvalue weighted by atomic mass is 10.0. The van der Waals surface area contributed by atoms with Crippen molar-refractivity contribution in [1.29, 1.82) is 0 Å². The van der Waals surface area contributed by atoms with Crippen molar-refractivity contribution in [3.63, 3.8) is 0 Å². The van der Waals surface area contributed by atoms with E-state index >= 15 is 0 Å². The highest BCUT2D eigenvalue weighted by Crippen LogP contribution is 2.09. The Labute approximate surface area is 79.1 Å². The third-order valence-corrected chi connectivity index (χ3v) is 1.91. The summed E-state index contributed by atoms with van der Waals surface area (Å²) in [6.07, 6.45) is 6.05. The van der Waals surface area contributed by atoms with Crippen LogP contribution in [0.1, 0.15) is 17.5 Å². The van der Waals surface area contributed by atoms with E-state index in [4.69, 9.17) is 0 Å². The normalized spacial score (nSPS) is 10.5. The highest BCUT2D eigenvalue weighted by Gasteiger charge is 1.93. The molecule has 1 aromatic rings. The van der Waals surface area contributed by atoms with Gasteiger partial charge in [0.2, 0.25) is 0 Å². The first kappa shape index (κ1) is 9.72. The molecule has 1 rings (SSSR count). The fourth-order valence-electron chi connectivity index (χ4n) is 1.19. The molecule has 0 amide bonds. The first-order chi connectivity index (χ1) is 6.34. The second-order valence-electron chi connectivity index (χ2n) is 2.87. The molecule has 0 fully saturated rings. The maximum absolute atomic E-state index is 9.98. The van der Waals surface area contributed by atoms with Crippen LogP contribution in [-0.2, 0) is 11.2 Å². The van der Waals surface area contributed by atoms with E-state index in [1.54, 1.807) is 0 Å². The van der Waals surface area contributed by atoms with Gasteiger partial charge in [-0.2, -0.15) is 0 Å². The Balaban J connectivity index is 2.49. The Morgan fingerprint density at radius 3 is 2.77 bits per heavy atom. The average molecular weight is 173 g/mol. The number of benzene rings is 1. The minimum Gasteiger partial charge on any atom is -0.299 e. The van der Waals surface area contributed by atoms with E-state index in [1.165, 1.54) is 11.6 Å². The molecule has 1 nitrogen and oxygen atoms in total. The van der Waals surface area contributed by atoms with Crippen molar-refractivity contribution in [3.8, 4) is 0 Å². The third-order valence-electron chi connectivity index (χ3n) is 1.91. The van der Waals surface area contributed by atoms with Crippen LogP contribution in [0.3, 0.4) is 0 Å². The Kier molecular flexibility index (Phi) is 3.97. The second kappa shape index (κ2) is 5.31. The molecule has 0 aliphatic heterocycles. The van der Waals surface area contributed by atoms with E-state index in [2.05, 4.69) is 13.0 Å². The molecule has 1 aromatic carbocycles. The summed E-state index contributed by atoms with van der Waals surface area (Å²) in [6, 6.07) is 8.05. The summed E-state index contributed by atoms with van der Waals surface area (Å²) in [4.78, 5) is 9.98. The number of carbonyl (C=O) groups is 1. The topological polar surface area (TPSA) is 17.1 Å². The summed E-state index contributed by atoms with van der Waals surface area (Å²) in [5.74, 6) is 0. The number of aryl methyl sites for hydroxylation is 1. The first-order valence-corrected chi connectivity index (χ1v) is 4.35. The van der Waals surface area contributed by atoms with E-state index in [9.17, 15) is 4.79 Å². The number of allylic oxidation sites excluding steroid dienone is 2. The average Bonchev–Trinajstić information content (AvgIpc) is 2.15. The molecule has 67 valence electrons. The van der Waals surface area contributed by atoms with Gasteiger partial charge in [0, 0.05) is 0 Å². The summed E-state index contributed by atoms with van der Waals surface area (Å²) >= 11 is 0. The predicted octanol–water partition coefficient (Wildman–Crippen LogP) is 2.56. The van der Waals surface area contributed by atoms with E-state index in [-0.39, 0.29) is 0 Å². The smallest absolute Gasteiger partial charge is 0.142 e. The van der Waals surface area contributed by atoms with Crippen LogP contribution >= 0.6 is 0 Å². The fraction of sp³-hybridized carbons (Fsp3) is 0.167. The lowest BCUT2D eigenvalue weighted by molar-refractivity contribution is -0.104. The predicted molar refractivity (Wildman–Crippen MR) is 54.4 cm³/mol. The molecule has 0 aliphatic carbocycles. The van der Waals surface area contributed by atoms with Crippen molar-refractivity contribution in [2.45, 2.75) is 12.8 Å². The molecular formula is C12H13O. The van der Waals surface area contributed by atoms with Gasteiger partial charge in [0.15, 0.2) is 0 Å². The second-order valence-corrected chi connectivity index (χ2v) is 2.87. The molecule has 0 saturated carbocycles. The summed E-state index contributed by atoms with van der Waals surface area (Å²) in [6.45, 7) is 3.93. The summed E-state index contributed by atoms with van der Waals surface area (Å²) in [5, 5.41) is 0. The van der Waals surface area contributed by atoms with Gasteiger partial charge >= 0.3 is 0 Å². The number of hydrogen-bond acceptors (Lipinski definition) is 1. The van der Waals surface area contributed by atoms with E-state index in [0.29, 0.717) is 0 Å². The first-order valence-electron chi connectivity index (χ1n) is 4.35. The number of aldehydes is 1. The SMILES string of the molecule is [CH2]c1ccccc1CCC=CC=O. The molecule has 0 aliphatic rings. The Morgan fingerprint density at radius 2 is 2.08 bits per heavy atom. The maximum Gasteiger partial charge on any atom is 0.142 e. The number of hydrogen-bond donors (Lipinski definition) is 0. The fourth-order valence-corrected chi connectivity index (χ4v) is 1.19. The molecule has 0 N–H and O–H groups in total. The van der Waals surface area contributed by atoms with E-state index in [0.717, 1.165) is 24.7 Å². The lowest BCUT2D eigenvalue weighted by Crippen LogP contribution is -1.87. The van der Waals surface area contributed by atoms with Gasteiger partial charge in [-0.3, -0.25) is 4.79 Å². The molecule has 0 saturated heterocycles. The largest absolute Gasteiger partial charge is 0.299 e. The van der Waals surface area contributed by atoms with Crippen LogP contribution < -0.4 is 0 Å². The van der Waals surface area contributed by atoms with E-state index in [1.807, 2.05) is 24.3 Å². The van der Waals surface area contributed by atoms with Crippen molar-refractivity contribution in [2.24, 2.45) is 0 Å². The van der Waals surface area contributed by atoms with Crippen molar-refractivity contribution in [3.05, 3.63) is 54.5 Å². The quantitative estimate of drug-likeness (QED) is 0.505. The van der Waals surface area contributed by atoms with Crippen LogP contribution in [0.4, 0.5) is 0 Å². The molecule has 1 heteroatoms. The molecule has 0 spiro atoms. The Morgan fingerprint density at radius 1 is 1.31 bits per heavy atom. The minimum absolute atomic E-state index is 0.802. The van der Waals surface area contributed by atoms with Crippen LogP contribution in [0.15, 0.2) is 36.4 Å². The van der Waals surface area contributed by atoms with Gasteiger partial charge in [-0.1, -0.05) is 30.3 Å². The molecule has 0 aromatic heterocycles. The van der Waals surface area contributed by atoms with Gasteiger partial charge in [0.05, 0.1) is 0 Å². The van der Waals surface area contributed by atoms with Crippen LogP contribution in [0.25, 0.3) is 0 Å². The van der Waals surface area contributed by atoms with Crippen LogP contribution in [-0.4, -0.2) is 6.29 Å². The van der Waals surface area contributed by atoms with Crippen molar-refractivity contribution in [2.75, 3.05) is 0 Å².